The zero-order valence-electron chi connectivity index (χ0n) is 13.5. The van der Waals surface area contributed by atoms with Crippen LogP contribution in [0, 0.1) is 6.92 Å². The lowest BCUT2D eigenvalue weighted by molar-refractivity contribution is -0.137. The van der Waals surface area contributed by atoms with Crippen molar-refractivity contribution < 1.29 is 13.2 Å². The maximum atomic E-state index is 12.8. The van der Waals surface area contributed by atoms with Crippen LogP contribution in [0.2, 0.25) is 5.02 Å². The van der Waals surface area contributed by atoms with Crippen LogP contribution in [0.5, 0.6) is 0 Å². The van der Waals surface area contributed by atoms with Crippen molar-refractivity contribution in [1.82, 2.24) is 15.2 Å². The van der Waals surface area contributed by atoms with E-state index in [9.17, 15) is 13.2 Å². The summed E-state index contributed by atoms with van der Waals surface area (Å²) in [5, 5.41) is 14.0. The first-order valence-electron chi connectivity index (χ1n) is 7.48. The third-order valence-electron chi connectivity index (χ3n) is 3.47. The molecule has 0 aliphatic heterocycles. The molecule has 9 heteroatoms. The lowest BCUT2D eigenvalue weighted by atomic mass is 10.2. The van der Waals surface area contributed by atoms with E-state index in [1.807, 2.05) is 13.0 Å². The average molecular weight is 380 g/mol. The molecule has 0 fully saturated rings. The highest BCUT2D eigenvalue weighted by Gasteiger charge is 2.30. The van der Waals surface area contributed by atoms with Gasteiger partial charge in [-0.1, -0.05) is 23.7 Å². The van der Waals surface area contributed by atoms with Crippen LogP contribution in [0.15, 0.2) is 48.7 Å². The van der Waals surface area contributed by atoms with E-state index in [0.717, 1.165) is 17.7 Å². The second-order valence-corrected chi connectivity index (χ2v) is 5.89. The Bertz CT molecular complexity index is 930. The number of aromatic nitrogens is 3. The minimum absolute atomic E-state index is 0.187. The fourth-order valence-corrected chi connectivity index (χ4v) is 2.36. The molecule has 0 atom stereocenters. The monoisotopic (exact) mass is 379 g/mol. The van der Waals surface area contributed by atoms with Crippen molar-refractivity contribution in [2.75, 3.05) is 10.6 Å². The zero-order valence-corrected chi connectivity index (χ0v) is 14.2. The van der Waals surface area contributed by atoms with Gasteiger partial charge >= 0.3 is 6.18 Å². The van der Waals surface area contributed by atoms with Gasteiger partial charge in [-0.25, -0.2) is 0 Å². The number of hydrogen-bond acceptors (Lipinski definition) is 5. The molecule has 0 unspecified atom stereocenters. The van der Waals surface area contributed by atoms with E-state index in [2.05, 4.69) is 25.8 Å². The lowest BCUT2D eigenvalue weighted by Crippen LogP contribution is -2.06. The third-order valence-corrected chi connectivity index (χ3v) is 3.70. The highest BCUT2D eigenvalue weighted by atomic mass is 35.5. The number of nitrogens with one attached hydrogen (secondary N) is 2. The van der Waals surface area contributed by atoms with Gasteiger partial charge in [0.2, 0.25) is 5.95 Å². The molecule has 26 heavy (non-hydrogen) atoms. The molecule has 0 aliphatic rings. The van der Waals surface area contributed by atoms with Gasteiger partial charge in [-0.2, -0.15) is 23.3 Å². The van der Waals surface area contributed by atoms with Crippen LogP contribution < -0.4 is 10.6 Å². The molecule has 0 saturated heterocycles. The number of anilines is 4. The summed E-state index contributed by atoms with van der Waals surface area (Å²) in [5.41, 5.74) is 1.12. The van der Waals surface area contributed by atoms with Crippen molar-refractivity contribution in [3.63, 3.8) is 0 Å². The number of alkyl halides is 3. The second kappa shape index (κ2) is 7.17. The summed E-state index contributed by atoms with van der Waals surface area (Å²) >= 11 is 5.97. The molecular weight excluding hydrogens is 367 g/mol. The number of benzene rings is 2. The SMILES string of the molecule is Cc1ccc(Cl)cc1Nc1nncc(Nc2cccc(C(F)(F)F)c2)n1. The first-order chi connectivity index (χ1) is 12.3. The Morgan fingerprint density at radius 3 is 2.62 bits per heavy atom. The summed E-state index contributed by atoms with van der Waals surface area (Å²) in [7, 11) is 0. The summed E-state index contributed by atoms with van der Waals surface area (Å²) in [6, 6.07) is 10.1. The van der Waals surface area contributed by atoms with Crippen molar-refractivity contribution in [1.29, 1.82) is 0 Å². The second-order valence-electron chi connectivity index (χ2n) is 5.45. The van der Waals surface area contributed by atoms with E-state index in [1.165, 1.54) is 18.3 Å². The van der Waals surface area contributed by atoms with Crippen LogP contribution in [-0.2, 0) is 6.18 Å². The predicted octanol–water partition coefficient (Wildman–Crippen LogP) is 5.34. The van der Waals surface area contributed by atoms with Gasteiger partial charge in [0.15, 0.2) is 5.82 Å². The van der Waals surface area contributed by atoms with Crippen LogP contribution >= 0.6 is 11.6 Å². The van der Waals surface area contributed by atoms with Crippen LogP contribution in [0.3, 0.4) is 0 Å². The van der Waals surface area contributed by atoms with Gasteiger partial charge < -0.3 is 10.6 Å². The fraction of sp³-hybridized carbons (Fsp3) is 0.118. The Kier molecular flexibility index (Phi) is 4.94. The summed E-state index contributed by atoms with van der Waals surface area (Å²) in [6.45, 7) is 1.89. The van der Waals surface area contributed by atoms with Gasteiger partial charge in [-0.3, -0.25) is 0 Å². The van der Waals surface area contributed by atoms with E-state index in [4.69, 9.17) is 11.6 Å². The van der Waals surface area contributed by atoms with Gasteiger partial charge in [0, 0.05) is 16.4 Å². The van der Waals surface area contributed by atoms with E-state index < -0.39 is 11.7 Å². The van der Waals surface area contributed by atoms with E-state index in [1.54, 1.807) is 12.1 Å². The van der Waals surface area contributed by atoms with E-state index in [-0.39, 0.29) is 17.5 Å². The number of nitrogens with zero attached hydrogens (tertiary/aromatic N) is 3. The molecule has 0 saturated carbocycles. The summed E-state index contributed by atoms with van der Waals surface area (Å²) in [5.74, 6) is 0.439. The minimum Gasteiger partial charge on any atom is -0.339 e. The molecule has 5 nitrogen and oxygen atoms in total. The normalized spacial score (nSPS) is 11.3. The molecule has 2 aromatic carbocycles. The van der Waals surface area contributed by atoms with Crippen LogP contribution in [0.1, 0.15) is 11.1 Å². The first-order valence-corrected chi connectivity index (χ1v) is 7.86. The lowest BCUT2D eigenvalue weighted by Gasteiger charge is -2.11. The molecule has 0 bridgehead atoms. The Balaban J connectivity index is 1.81. The van der Waals surface area contributed by atoms with Crippen molar-refractivity contribution in [3.8, 4) is 0 Å². The first kappa shape index (κ1) is 17.9. The number of hydrogen-bond donors (Lipinski definition) is 2. The van der Waals surface area contributed by atoms with Gasteiger partial charge in [-0.15, -0.1) is 5.10 Å². The quantitative estimate of drug-likeness (QED) is 0.640. The summed E-state index contributed by atoms with van der Waals surface area (Å²) in [4.78, 5) is 4.21. The van der Waals surface area contributed by atoms with Crippen LogP contribution in [0.25, 0.3) is 0 Å². The summed E-state index contributed by atoms with van der Waals surface area (Å²) < 4.78 is 38.4. The molecule has 0 amide bonds. The molecule has 3 rings (SSSR count). The maximum absolute atomic E-state index is 12.8. The highest BCUT2D eigenvalue weighted by Crippen LogP contribution is 2.31. The minimum atomic E-state index is -4.42. The standard InChI is InChI=1S/C17H13ClF3N5/c1-10-5-6-12(18)8-14(10)24-16-25-15(9-22-26-16)23-13-4-2-3-11(7-13)17(19,20)21/h2-9H,1H3,(H2,23,24,25,26). The van der Waals surface area contributed by atoms with E-state index >= 15 is 0 Å². The van der Waals surface area contributed by atoms with Gasteiger partial charge in [-0.05, 0) is 42.8 Å². The van der Waals surface area contributed by atoms with Gasteiger partial charge in [0.25, 0.3) is 0 Å². The smallest absolute Gasteiger partial charge is 0.339 e. The average Bonchev–Trinajstić information content (AvgIpc) is 2.58. The topological polar surface area (TPSA) is 62.7 Å². The molecule has 0 radical (unpaired) electrons. The van der Waals surface area contributed by atoms with Crippen LogP contribution in [-0.4, -0.2) is 15.2 Å². The molecule has 2 N–H and O–H groups in total. The van der Waals surface area contributed by atoms with Crippen molar-refractivity contribution >= 4 is 34.7 Å². The molecule has 0 aliphatic carbocycles. The third kappa shape index (κ3) is 4.40. The van der Waals surface area contributed by atoms with Crippen molar-refractivity contribution in [2.45, 2.75) is 13.1 Å². The zero-order chi connectivity index (χ0) is 18.7. The fourth-order valence-electron chi connectivity index (χ4n) is 2.19. The largest absolute Gasteiger partial charge is 0.416 e. The summed E-state index contributed by atoms with van der Waals surface area (Å²) in [6.07, 6.45) is -3.10. The number of halogens is 4. The van der Waals surface area contributed by atoms with Gasteiger partial charge in [0.05, 0.1) is 11.8 Å². The van der Waals surface area contributed by atoms with Gasteiger partial charge in [0.1, 0.15) is 0 Å². The Morgan fingerprint density at radius 1 is 1.04 bits per heavy atom. The molecular formula is C17H13ClF3N5. The Hall–Kier alpha value is -2.87. The molecule has 0 spiro atoms. The molecule has 1 heterocycles. The molecule has 3 aromatic rings. The molecule has 134 valence electrons. The Morgan fingerprint density at radius 2 is 1.85 bits per heavy atom. The number of aryl methyl sites for hydroxylation is 1. The van der Waals surface area contributed by atoms with Crippen molar-refractivity contribution in [3.05, 3.63) is 64.8 Å². The Labute approximate surface area is 152 Å². The van der Waals surface area contributed by atoms with Crippen molar-refractivity contribution in [2.24, 2.45) is 0 Å². The van der Waals surface area contributed by atoms with E-state index in [0.29, 0.717) is 10.7 Å². The maximum Gasteiger partial charge on any atom is 0.416 e. The molecule has 1 aromatic heterocycles. The van der Waals surface area contributed by atoms with Crippen LogP contribution in [0.4, 0.5) is 36.3 Å². The highest BCUT2D eigenvalue weighted by molar-refractivity contribution is 6.30. The number of rotatable bonds is 4. The predicted molar refractivity (Wildman–Crippen MR) is 94.0 cm³/mol.